The van der Waals surface area contributed by atoms with E-state index >= 15 is 0 Å². The van der Waals surface area contributed by atoms with Crippen molar-refractivity contribution in [1.82, 2.24) is 4.90 Å². The van der Waals surface area contributed by atoms with E-state index in [0.29, 0.717) is 6.54 Å². The van der Waals surface area contributed by atoms with Crippen LogP contribution in [0.4, 0.5) is 5.69 Å². The molecule has 0 aromatic heterocycles. The van der Waals surface area contributed by atoms with Gasteiger partial charge in [-0.15, -0.1) is 0 Å². The molecule has 2 aromatic rings. The molecule has 5 nitrogen and oxygen atoms in total. The fourth-order valence-electron chi connectivity index (χ4n) is 3.05. The molecular formula is C20H22N2O3. The first kappa shape index (κ1) is 17.0. The maximum Gasteiger partial charge on any atom is 0.246 e. The summed E-state index contributed by atoms with van der Waals surface area (Å²) in [6, 6.07) is 14.4. The van der Waals surface area contributed by atoms with Crippen molar-refractivity contribution in [2.45, 2.75) is 26.3 Å². The number of nitrogens with zero attached hydrogens (tertiary/aromatic N) is 2. The number of aryl methyl sites for hydroxylation is 1. The van der Waals surface area contributed by atoms with Crippen molar-refractivity contribution in [2.75, 3.05) is 18.0 Å². The van der Waals surface area contributed by atoms with Gasteiger partial charge in [-0.25, -0.2) is 0 Å². The normalized spacial score (nSPS) is 17.7. The van der Waals surface area contributed by atoms with Gasteiger partial charge in [0, 0.05) is 18.3 Å². The van der Waals surface area contributed by atoms with Crippen molar-refractivity contribution in [1.29, 1.82) is 0 Å². The van der Waals surface area contributed by atoms with Gasteiger partial charge in [0.15, 0.2) is 0 Å². The van der Waals surface area contributed by atoms with E-state index in [0.717, 1.165) is 16.8 Å². The summed E-state index contributed by atoms with van der Waals surface area (Å²) >= 11 is 0. The van der Waals surface area contributed by atoms with E-state index in [1.165, 1.54) is 0 Å². The number of hydrogen-bond acceptors (Lipinski definition) is 3. The first-order chi connectivity index (χ1) is 11.9. The standard InChI is InChI=1S/C20H22N2O3/c1-14-3-7-17(8-4-14)22-12-15(2)21(13-20(22)25)19(24)11-16-5-9-18(23)10-6-16/h3-10,15,23H,11-13H2,1-2H3. The molecule has 1 N–H and O–H groups in total. The molecule has 1 saturated heterocycles. The minimum atomic E-state index is -0.0740. The molecule has 0 aliphatic carbocycles. The van der Waals surface area contributed by atoms with Crippen molar-refractivity contribution < 1.29 is 14.7 Å². The first-order valence-corrected chi connectivity index (χ1v) is 8.38. The van der Waals surface area contributed by atoms with Crippen LogP contribution in [0.3, 0.4) is 0 Å². The Hall–Kier alpha value is -2.82. The van der Waals surface area contributed by atoms with Crippen LogP contribution in [0.1, 0.15) is 18.1 Å². The van der Waals surface area contributed by atoms with E-state index in [-0.39, 0.29) is 36.6 Å². The molecule has 1 heterocycles. The van der Waals surface area contributed by atoms with Gasteiger partial charge in [0.2, 0.25) is 11.8 Å². The van der Waals surface area contributed by atoms with Gasteiger partial charge < -0.3 is 14.9 Å². The fourth-order valence-corrected chi connectivity index (χ4v) is 3.05. The average Bonchev–Trinajstić information content (AvgIpc) is 2.59. The zero-order valence-electron chi connectivity index (χ0n) is 14.5. The molecule has 130 valence electrons. The smallest absolute Gasteiger partial charge is 0.246 e. The van der Waals surface area contributed by atoms with Gasteiger partial charge in [-0.3, -0.25) is 9.59 Å². The lowest BCUT2D eigenvalue weighted by Gasteiger charge is -2.39. The summed E-state index contributed by atoms with van der Waals surface area (Å²) in [5, 5.41) is 9.33. The number of rotatable bonds is 3. The summed E-state index contributed by atoms with van der Waals surface area (Å²) < 4.78 is 0. The van der Waals surface area contributed by atoms with Gasteiger partial charge in [-0.1, -0.05) is 29.8 Å². The molecule has 1 unspecified atom stereocenters. The number of benzene rings is 2. The number of amides is 2. The summed E-state index contributed by atoms with van der Waals surface area (Å²) in [4.78, 5) is 28.5. The number of phenolic OH excluding ortho intramolecular Hbond substituents is 1. The third-order valence-electron chi connectivity index (χ3n) is 4.54. The average molecular weight is 338 g/mol. The molecule has 5 heteroatoms. The van der Waals surface area contributed by atoms with Crippen LogP contribution in [0.2, 0.25) is 0 Å². The molecule has 1 fully saturated rings. The Morgan fingerprint density at radius 1 is 1.12 bits per heavy atom. The second-order valence-corrected chi connectivity index (χ2v) is 6.55. The lowest BCUT2D eigenvalue weighted by molar-refractivity contribution is -0.138. The Labute approximate surface area is 147 Å². The van der Waals surface area contributed by atoms with Crippen LogP contribution in [0.5, 0.6) is 5.75 Å². The van der Waals surface area contributed by atoms with Crippen LogP contribution >= 0.6 is 0 Å². The summed E-state index contributed by atoms with van der Waals surface area (Å²) in [7, 11) is 0. The summed E-state index contributed by atoms with van der Waals surface area (Å²) in [6.45, 7) is 4.55. The number of carbonyl (C=O) groups is 2. The Morgan fingerprint density at radius 3 is 2.40 bits per heavy atom. The van der Waals surface area contributed by atoms with E-state index < -0.39 is 0 Å². The monoisotopic (exact) mass is 338 g/mol. The zero-order valence-corrected chi connectivity index (χ0v) is 14.5. The largest absolute Gasteiger partial charge is 0.508 e. The van der Waals surface area contributed by atoms with Crippen LogP contribution in [0.15, 0.2) is 48.5 Å². The van der Waals surface area contributed by atoms with Gasteiger partial charge >= 0.3 is 0 Å². The van der Waals surface area contributed by atoms with E-state index in [9.17, 15) is 14.7 Å². The Bertz CT molecular complexity index is 769. The molecule has 1 aliphatic rings. The maximum absolute atomic E-state index is 12.6. The molecule has 0 radical (unpaired) electrons. The van der Waals surface area contributed by atoms with E-state index in [4.69, 9.17) is 0 Å². The fraction of sp³-hybridized carbons (Fsp3) is 0.300. The van der Waals surface area contributed by atoms with Crippen LogP contribution in [0.25, 0.3) is 0 Å². The van der Waals surface area contributed by atoms with Crippen molar-refractivity contribution in [2.24, 2.45) is 0 Å². The van der Waals surface area contributed by atoms with E-state index in [2.05, 4.69) is 0 Å². The van der Waals surface area contributed by atoms with E-state index in [1.807, 2.05) is 38.1 Å². The lowest BCUT2D eigenvalue weighted by Crippen LogP contribution is -2.57. The Balaban J connectivity index is 1.69. The third kappa shape index (κ3) is 3.82. The number of piperazine rings is 1. The van der Waals surface area contributed by atoms with Crippen LogP contribution in [-0.2, 0) is 16.0 Å². The van der Waals surface area contributed by atoms with Crippen LogP contribution < -0.4 is 4.90 Å². The van der Waals surface area contributed by atoms with Gasteiger partial charge in [0.25, 0.3) is 0 Å². The predicted octanol–water partition coefficient (Wildman–Crippen LogP) is 2.51. The summed E-state index contributed by atoms with van der Waals surface area (Å²) in [5.74, 6) is 0.0302. The Morgan fingerprint density at radius 2 is 1.76 bits per heavy atom. The molecule has 1 atom stereocenters. The highest BCUT2D eigenvalue weighted by atomic mass is 16.3. The Kier molecular flexibility index (Phi) is 4.74. The quantitative estimate of drug-likeness (QED) is 0.935. The van der Waals surface area contributed by atoms with Crippen molar-refractivity contribution >= 4 is 17.5 Å². The zero-order chi connectivity index (χ0) is 18.0. The SMILES string of the molecule is Cc1ccc(N2CC(C)N(C(=O)Cc3ccc(O)cc3)CC2=O)cc1. The number of anilines is 1. The maximum atomic E-state index is 12.6. The van der Waals surface area contributed by atoms with Gasteiger partial charge in [-0.2, -0.15) is 0 Å². The number of carbonyl (C=O) groups excluding carboxylic acids is 2. The van der Waals surface area contributed by atoms with Crippen LogP contribution in [0, 0.1) is 6.92 Å². The number of hydrogen-bond donors (Lipinski definition) is 1. The highest BCUT2D eigenvalue weighted by Crippen LogP contribution is 2.21. The predicted molar refractivity (Wildman–Crippen MR) is 96.5 cm³/mol. The highest BCUT2D eigenvalue weighted by Gasteiger charge is 2.33. The molecule has 0 bridgehead atoms. The van der Waals surface area contributed by atoms with Crippen molar-refractivity contribution in [3.8, 4) is 5.75 Å². The topological polar surface area (TPSA) is 60.9 Å². The molecule has 2 amide bonds. The molecular weight excluding hydrogens is 316 g/mol. The van der Waals surface area contributed by atoms with E-state index in [1.54, 1.807) is 34.1 Å². The third-order valence-corrected chi connectivity index (χ3v) is 4.54. The second-order valence-electron chi connectivity index (χ2n) is 6.55. The minimum absolute atomic E-state index is 0.0522. The molecule has 3 rings (SSSR count). The number of phenols is 1. The molecule has 2 aromatic carbocycles. The first-order valence-electron chi connectivity index (χ1n) is 8.38. The van der Waals surface area contributed by atoms with Crippen molar-refractivity contribution in [3.05, 3.63) is 59.7 Å². The molecule has 0 spiro atoms. The molecule has 0 saturated carbocycles. The van der Waals surface area contributed by atoms with Gasteiger partial charge in [0.1, 0.15) is 12.3 Å². The molecule has 1 aliphatic heterocycles. The summed E-state index contributed by atoms with van der Waals surface area (Å²) in [5.41, 5.74) is 2.84. The summed E-state index contributed by atoms with van der Waals surface area (Å²) in [6.07, 6.45) is 0.225. The van der Waals surface area contributed by atoms with Gasteiger partial charge in [0.05, 0.1) is 6.42 Å². The second kappa shape index (κ2) is 6.97. The highest BCUT2D eigenvalue weighted by molar-refractivity contribution is 5.98. The van der Waals surface area contributed by atoms with Gasteiger partial charge in [-0.05, 0) is 43.7 Å². The lowest BCUT2D eigenvalue weighted by atomic mass is 10.1. The minimum Gasteiger partial charge on any atom is -0.508 e. The molecule has 25 heavy (non-hydrogen) atoms. The van der Waals surface area contributed by atoms with Crippen LogP contribution in [-0.4, -0.2) is 41.0 Å². The van der Waals surface area contributed by atoms with Crippen molar-refractivity contribution in [3.63, 3.8) is 0 Å². The number of aromatic hydroxyl groups is 1.